The molecule has 0 N–H and O–H groups in total. The van der Waals surface area contributed by atoms with Crippen LogP contribution in [0, 0.1) is 47.3 Å². The summed E-state index contributed by atoms with van der Waals surface area (Å²) in [5.74, 6) is 11.1. The highest BCUT2D eigenvalue weighted by molar-refractivity contribution is 6.30. The number of anilines is 4. The average molecular weight is 1330 g/mol. The molecule has 6 aliphatic carbocycles. The molecule has 8 aromatic carbocycles. The van der Waals surface area contributed by atoms with Gasteiger partial charge in [0.05, 0.1) is 22.7 Å². The Labute approximate surface area is 577 Å². The molecule has 4 aliphatic heterocycles. The Morgan fingerprint density at radius 2 is 0.490 bits per heavy atom. The number of amides is 8. The van der Waals surface area contributed by atoms with Crippen molar-refractivity contribution in [1.29, 1.82) is 0 Å². The Kier molecular flexibility index (Phi) is 15.8. The minimum absolute atomic E-state index is 0.336. The van der Waals surface area contributed by atoms with Gasteiger partial charge in [-0.15, -0.1) is 0 Å². The maximum Gasteiger partial charge on any atom is 0.258 e. The fourth-order valence-corrected chi connectivity index (χ4v) is 18.6. The maximum absolute atomic E-state index is 12.0. The average Bonchev–Trinajstić information content (AvgIpc) is 1.58. The first-order chi connectivity index (χ1) is 48.8. The molecule has 496 valence electrons. The van der Waals surface area contributed by atoms with Crippen molar-refractivity contribution in [2.45, 2.75) is 75.0 Å². The third-order valence-electron chi connectivity index (χ3n) is 22.8. The van der Waals surface area contributed by atoms with Crippen LogP contribution in [0.5, 0.6) is 46.0 Å². The van der Waals surface area contributed by atoms with Crippen molar-refractivity contribution >= 4 is 70.0 Å². The van der Waals surface area contributed by atoms with Crippen molar-refractivity contribution in [2.75, 3.05) is 19.6 Å². The van der Waals surface area contributed by atoms with E-state index in [1.54, 1.807) is 97.1 Å². The van der Waals surface area contributed by atoms with Gasteiger partial charge in [0.15, 0.2) is 0 Å². The summed E-state index contributed by atoms with van der Waals surface area (Å²) in [5.41, 5.74) is 7.63. The maximum atomic E-state index is 12.0. The number of fused-ring (bicyclic) bond motifs is 10. The molecule has 4 heterocycles. The molecule has 0 spiro atoms. The second-order valence-electron chi connectivity index (χ2n) is 28.0. The highest BCUT2D eigenvalue weighted by Crippen LogP contribution is 2.68. The summed E-state index contributed by atoms with van der Waals surface area (Å²) in [6.45, 7) is 0. The number of nitrogens with zero attached hydrogens (tertiary/aromatic N) is 4. The molecular formula is C84H68N4O12. The molecule has 12 atom stereocenters. The van der Waals surface area contributed by atoms with E-state index in [0.717, 1.165) is 72.2 Å². The number of carbonyl (C=O) groups is 8. The van der Waals surface area contributed by atoms with E-state index in [4.69, 9.17) is 18.9 Å². The first kappa shape index (κ1) is 62.0. The monoisotopic (exact) mass is 1320 g/mol. The zero-order valence-corrected chi connectivity index (χ0v) is 54.4. The number of rotatable bonds is 16. The number of ether oxygens (including phenoxy) is 4. The van der Waals surface area contributed by atoms with Crippen LogP contribution >= 0.6 is 0 Å². The van der Waals surface area contributed by atoms with E-state index in [-0.39, 0.29) is 47.3 Å². The van der Waals surface area contributed by atoms with Gasteiger partial charge in [-0.1, -0.05) is 48.5 Å². The van der Waals surface area contributed by atoms with E-state index in [0.29, 0.717) is 87.2 Å². The molecule has 18 rings (SSSR count). The third kappa shape index (κ3) is 11.6. The normalized spacial score (nSPS) is 26.4. The fourth-order valence-electron chi connectivity index (χ4n) is 18.6. The minimum Gasteiger partial charge on any atom is -0.457 e. The Morgan fingerprint density at radius 1 is 0.230 bits per heavy atom. The van der Waals surface area contributed by atoms with Gasteiger partial charge < -0.3 is 18.9 Å². The van der Waals surface area contributed by atoms with E-state index in [1.165, 1.54) is 122 Å². The van der Waals surface area contributed by atoms with Gasteiger partial charge in [-0.05, 0) is 290 Å². The molecule has 16 nitrogen and oxygen atoms in total. The molecule has 10 aliphatic rings. The molecular weight excluding hydrogens is 1260 g/mol. The number of hydrogen-bond donors (Lipinski definition) is 0. The van der Waals surface area contributed by atoms with Crippen LogP contribution in [0.1, 0.15) is 97.3 Å². The van der Waals surface area contributed by atoms with Crippen LogP contribution < -0.4 is 38.5 Å². The highest BCUT2D eigenvalue weighted by Gasteiger charge is 2.58. The molecule has 0 radical (unpaired) electrons. The van der Waals surface area contributed by atoms with Crippen LogP contribution in [0.3, 0.4) is 0 Å². The second-order valence-corrected chi connectivity index (χ2v) is 28.0. The van der Waals surface area contributed by atoms with Crippen LogP contribution in [0.4, 0.5) is 22.7 Å². The number of imide groups is 4. The largest absolute Gasteiger partial charge is 0.457 e. The van der Waals surface area contributed by atoms with Crippen molar-refractivity contribution in [3.63, 3.8) is 0 Å². The number of carbonyl (C=O) groups excluding carboxylic acids is 8. The Bertz CT molecular complexity index is 4660. The zero-order chi connectivity index (χ0) is 67.9. The predicted octanol–water partition coefficient (Wildman–Crippen LogP) is 16.1. The van der Waals surface area contributed by atoms with Crippen molar-refractivity contribution in [3.8, 4) is 46.0 Å². The van der Waals surface area contributed by atoms with E-state index in [2.05, 4.69) is 48.5 Å². The molecule has 6 fully saturated rings. The topological polar surface area (TPSA) is 186 Å². The molecule has 6 saturated carbocycles. The molecule has 16 heteroatoms. The van der Waals surface area contributed by atoms with Gasteiger partial charge in [-0.2, -0.15) is 0 Å². The van der Waals surface area contributed by atoms with Gasteiger partial charge in [0, 0.05) is 48.6 Å². The minimum atomic E-state index is -0.338. The lowest BCUT2D eigenvalue weighted by atomic mass is 9.69. The summed E-state index contributed by atoms with van der Waals surface area (Å²) in [4.78, 5) is 100. The van der Waals surface area contributed by atoms with Gasteiger partial charge in [0.2, 0.25) is 0 Å². The van der Waals surface area contributed by atoms with Crippen molar-refractivity contribution in [1.82, 2.24) is 0 Å². The van der Waals surface area contributed by atoms with Crippen LogP contribution in [0.15, 0.2) is 243 Å². The van der Waals surface area contributed by atoms with Crippen LogP contribution in [0.25, 0.3) is 0 Å². The molecule has 0 saturated heterocycles. The summed E-state index contributed by atoms with van der Waals surface area (Å²) in [6, 6.07) is 62.1. The van der Waals surface area contributed by atoms with E-state index in [9.17, 15) is 38.4 Å². The molecule has 8 aromatic rings. The van der Waals surface area contributed by atoms with Crippen LogP contribution in [-0.4, -0.2) is 47.3 Å². The van der Waals surface area contributed by atoms with E-state index >= 15 is 0 Å². The first-order valence-electron chi connectivity index (χ1n) is 34.5. The quantitative estimate of drug-likeness (QED) is 0.0835. The summed E-state index contributed by atoms with van der Waals surface area (Å²) >= 11 is 0. The van der Waals surface area contributed by atoms with Gasteiger partial charge in [-0.3, -0.25) is 38.4 Å². The van der Waals surface area contributed by atoms with Gasteiger partial charge in [0.25, 0.3) is 47.3 Å². The first-order valence-corrected chi connectivity index (χ1v) is 34.5. The summed E-state index contributed by atoms with van der Waals surface area (Å²) in [5, 5.41) is 0. The molecule has 8 amide bonds. The lowest BCUT2D eigenvalue weighted by molar-refractivity contribution is -0.121. The van der Waals surface area contributed by atoms with Gasteiger partial charge in [-0.25, -0.2) is 19.6 Å². The summed E-state index contributed by atoms with van der Waals surface area (Å²) in [7, 11) is 0. The Balaban J connectivity index is 0.000000150. The lowest BCUT2D eigenvalue weighted by Crippen LogP contribution is -2.29. The van der Waals surface area contributed by atoms with Crippen molar-refractivity contribution < 1.29 is 57.3 Å². The smallest absolute Gasteiger partial charge is 0.258 e. The summed E-state index contributed by atoms with van der Waals surface area (Å²) in [6.07, 6.45) is 20.4. The highest BCUT2D eigenvalue weighted by atomic mass is 16.5. The van der Waals surface area contributed by atoms with E-state index < -0.39 is 0 Å². The standard InChI is InChI=1S/2C42H34N2O6/c45-39-17-18-40(46)43(39)29-5-13-33(14-6-29)49-31-9-1-25(2-10-31)27-21-36-28-23-35(38(24-28)37(36)22-27)26-3-11-32(12-4-26)50-34-15-7-30(8-16-34)44-41(47)19-20-42(44)48;45-38-19-20-39(46)43(38)28-5-13-32(14-6-28)49-30-9-1-25(2-10-30)34-17-18-35-27-23-36(37(24-27)42(34)35)26-3-11-31(12-4-26)50-33-15-7-29(8-16-33)44-40(47)21-22-41(44)48/h1-20,27-28,35-38H,21-24H2;1-16,19-22,27,34-37,42H,17-18,23-24H2. The van der Waals surface area contributed by atoms with Gasteiger partial charge >= 0.3 is 0 Å². The van der Waals surface area contributed by atoms with Crippen molar-refractivity contribution in [2.24, 2.45) is 47.3 Å². The Morgan fingerprint density at radius 3 is 0.820 bits per heavy atom. The predicted molar refractivity (Wildman–Crippen MR) is 374 cm³/mol. The number of hydrogen-bond acceptors (Lipinski definition) is 12. The zero-order valence-electron chi connectivity index (χ0n) is 54.4. The lowest BCUT2D eigenvalue weighted by Gasteiger charge is -2.35. The van der Waals surface area contributed by atoms with Crippen LogP contribution in [0.2, 0.25) is 0 Å². The molecule has 12 unspecified atom stereocenters. The molecule has 4 bridgehead atoms. The molecule has 0 aromatic heterocycles. The Hall–Kier alpha value is -11.5. The second kappa shape index (κ2) is 25.4. The SMILES string of the molecule is O=C1C=CC(=O)N1c1ccc(Oc2ccc(C3CC4C5CC(c6ccc(Oc7ccc(N8C(=O)C=CC8=O)cc7)cc6)C(C5)C4C3)cc2)cc1.O=C1C=CC(=O)N1c1ccc(Oc2ccc(C3CC4CC3C3C(c5ccc(Oc6ccc(N7C(=O)C=CC7=O)cc6)cc5)CCC43)cc2)cc1. The summed E-state index contributed by atoms with van der Waals surface area (Å²) < 4.78 is 24.4. The van der Waals surface area contributed by atoms with Gasteiger partial charge in [0.1, 0.15) is 46.0 Å². The number of benzene rings is 8. The van der Waals surface area contributed by atoms with E-state index in [1.807, 2.05) is 48.5 Å². The molecule has 100 heavy (non-hydrogen) atoms. The third-order valence-corrected chi connectivity index (χ3v) is 22.8. The fraction of sp³-hybridized carbons (Fsp3) is 0.238. The van der Waals surface area contributed by atoms with Crippen molar-refractivity contribution in [3.05, 3.63) is 265 Å². The van der Waals surface area contributed by atoms with Crippen LogP contribution in [-0.2, 0) is 38.4 Å².